The molecular formula is C26H30N4O3S. The summed E-state index contributed by atoms with van der Waals surface area (Å²) >= 11 is 1.34. The van der Waals surface area contributed by atoms with Crippen molar-refractivity contribution in [1.82, 2.24) is 14.8 Å². The zero-order chi connectivity index (χ0) is 24.7. The number of aromatic nitrogens is 3. The van der Waals surface area contributed by atoms with E-state index in [-0.39, 0.29) is 29.5 Å². The highest BCUT2D eigenvalue weighted by Crippen LogP contribution is 2.26. The molecule has 1 amide bonds. The number of carbonyl (C=O) groups is 2. The molecule has 0 aliphatic carbocycles. The van der Waals surface area contributed by atoms with Crippen LogP contribution in [0.4, 0.5) is 5.69 Å². The SMILES string of the molecule is C=CCn1c(COc2cccc(C)c2)nnc1SC(C)C(=O)c1ccc(NC(=O)C(C)C)cc1. The van der Waals surface area contributed by atoms with Gasteiger partial charge in [0.15, 0.2) is 16.8 Å². The zero-order valence-corrected chi connectivity index (χ0v) is 20.8. The van der Waals surface area contributed by atoms with E-state index in [1.165, 1.54) is 11.8 Å². The van der Waals surface area contributed by atoms with Crippen molar-refractivity contribution < 1.29 is 14.3 Å². The van der Waals surface area contributed by atoms with E-state index in [1.807, 2.05) is 56.5 Å². The van der Waals surface area contributed by atoms with E-state index in [1.54, 1.807) is 30.3 Å². The molecule has 0 spiro atoms. The number of ether oxygens (including phenoxy) is 1. The molecule has 1 aromatic heterocycles. The van der Waals surface area contributed by atoms with E-state index < -0.39 is 0 Å². The molecule has 0 aliphatic rings. The molecule has 1 atom stereocenters. The summed E-state index contributed by atoms with van der Waals surface area (Å²) in [6, 6.07) is 14.8. The minimum absolute atomic E-state index is 0.0301. The van der Waals surface area contributed by atoms with Crippen molar-refractivity contribution in [1.29, 1.82) is 0 Å². The fourth-order valence-corrected chi connectivity index (χ4v) is 4.08. The number of benzene rings is 2. The Kier molecular flexibility index (Phi) is 8.65. The van der Waals surface area contributed by atoms with Gasteiger partial charge in [-0.25, -0.2) is 0 Å². The zero-order valence-electron chi connectivity index (χ0n) is 19.9. The Morgan fingerprint density at radius 3 is 2.53 bits per heavy atom. The number of rotatable bonds is 11. The van der Waals surface area contributed by atoms with E-state index in [4.69, 9.17) is 4.74 Å². The van der Waals surface area contributed by atoms with Gasteiger partial charge in [-0.15, -0.1) is 16.8 Å². The van der Waals surface area contributed by atoms with Crippen LogP contribution < -0.4 is 10.1 Å². The molecule has 8 heteroatoms. The van der Waals surface area contributed by atoms with Gasteiger partial charge in [0.05, 0.1) is 5.25 Å². The molecule has 178 valence electrons. The van der Waals surface area contributed by atoms with Crippen molar-refractivity contribution in [2.24, 2.45) is 5.92 Å². The number of thioether (sulfide) groups is 1. The lowest BCUT2D eigenvalue weighted by Gasteiger charge is -2.13. The van der Waals surface area contributed by atoms with E-state index in [9.17, 15) is 9.59 Å². The molecule has 0 saturated heterocycles. The quantitative estimate of drug-likeness (QED) is 0.228. The fraction of sp³-hybridized carbons (Fsp3) is 0.308. The van der Waals surface area contributed by atoms with Crippen LogP contribution in [0.1, 0.15) is 42.5 Å². The summed E-state index contributed by atoms with van der Waals surface area (Å²) < 4.78 is 7.79. The topological polar surface area (TPSA) is 86.1 Å². The highest BCUT2D eigenvalue weighted by molar-refractivity contribution is 8.00. The number of Topliss-reactive ketones (excluding diaryl/α,β-unsaturated/α-hetero) is 1. The van der Waals surface area contributed by atoms with E-state index in [2.05, 4.69) is 22.1 Å². The summed E-state index contributed by atoms with van der Waals surface area (Å²) in [4.78, 5) is 24.9. The van der Waals surface area contributed by atoms with Crippen LogP contribution in [0.25, 0.3) is 0 Å². The van der Waals surface area contributed by atoms with Crippen LogP contribution in [0.3, 0.4) is 0 Å². The van der Waals surface area contributed by atoms with Crippen LogP contribution in [-0.4, -0.2) is 31.7 Å². The third kappa shape index (κ3) is 6.57. The second-order valence-electron chi connectivity index (χ2n) is 8.25. The number of nitrogens with one attached hydrogen (secondary N) is 1. The number of carbonyl (C=O) groups excluding carboxylic acids is 2. The first kappa shape index (κ1) is 25.2. The lowest BCUT2D eigenvalue weighted by molar-refractivity contribution is -0.118. The molecule has 1 unspecified atom stereocenters. The van der Waals surface area contributed by atoms with Crippen LogP contribution >= 0.6 is 11.8 Å². The molecule has 7 nitrogen and oxygen atoms in total. The largest absolute Gasteiger partial charge is 0.486 e. The predicted molar refractivity (Wildman–Crippen MR) is 135 cm³/mol. The van der Waals surface area contributed by atoms with Gasteiger partial charge in [-0.1, -0.05) is 43.8 Å². The fourth-order valence-electron chi connectivity index (χ4n) is 3.13. The average molecular weight is 479 g/mol. The molecule has 0 fully saturated rings. The minimum atomic E-state index is -0.380. The van der Waals surface area contributed by atoms with Crippen LogP contribution in [0.5, 0.6) is 5.75 Å². The number of anilines is 1. The summed E-state index contributed by atoms with van der Waals surface area (Å²) in [6.45, 7) is 12.1. The maximum Gasteiger partial charge on any atom is 0.226 e. The molecule has 34 heavy (non-hydrogen) atoms. The third-order valence-corrected chi connectivity index (χ3v) is 6.16. The molecule has 3 rings (SSSR count). The Morgan fingerprint density at radius 1 is 1.15 bits per heavy atom. The number of allylic oxidation sites excluding steroid dienone is 1. The third-order valence-electron chi connectivity index (χ3n) is 5.08. The van der Waals surface area contributed by atoms with Crippen molar-refractivity contribution in [3.05, 3.63) is 78.1 Å². The summed E-state index contributed by atoms with van der Waals surface area (Å²) in [5, 5.41) is 11.6. The molecule has 0 aliphatic heterocycles. The van der Waals surface area contributed by atoms with E-state index >= 15 is 0 Å². The highest BCUT2D eigenvalue weighted by atomic mass is 32.2. The van der Waals surface area contributed by atoms with Gasteiger partial charge >= 0.3 is 0 Å². The van der Waals surface area contributed by atoms with Gasteiger partial charge in [0, 0.05) is 23.7 Å². The Morgan fingerprint density at radius 2 is 1.88 bits per heavy atom. The molecule has 0 radical (unpaired) electrons. The lowest BCUT2D eigenvalue weighted by atomic mass is 10.1. The first-order chi connectivity index (χ1) is 16.3. The summed E-state index contributed by atoms with van der Waals surface area (Å²) in [5.74, 6) is 1.22. The summed E-state index contributed by atoms with van der Waals surface area (Å²) in [7, 11) is 0. The number of ketones is 1. The molecule has 1 heterocycles. The first-order valence-electron chi connectivity index (χ1n) is 11.1. The van der Waals surface area contributed by atoms with Gasteiger partial charge in [0.1, 0.15) is 12.4 Å². The monoisotopic (exact) mass is 478 g/mol. The van der Waals surface area contributed by atoms with E-state index in [0.717, 1.165) is 11.3 Å². The number of amides is 1. The lowest BCUT2D eigenvalue weighted by Crippen LogP contribution is -2.18. The Labute approximate surface area is 204 Å². The van der Waals surface area contributed by atoms with E-state index in [0.29, 0.717) is 28.8 Å². The second-order valence-corrected chi connectivity index (χ2v) is 9.56. The maximum atomic E-state index is 13.0. The second kappa shape index (κ2) is 11.7. The van der Waals surface area contributed by atoms with Crippen LogP contribution in [-0.2, 0) is 17.9 Å². The standard InChI is InChI=1S/C26H30N4O3S/c1-6-14-30-23(16-33-22-9-7-8-18(4)15-22)28-29-26(30)34-19(5)24(31)20-10-12-21(13-11-20)27-25(32)17(2)3/h6-13,15,17,19H,1,14,16H2,2-5H3,(H,27,32). The molecule has 1 N–H and O–H groups in total. The van der Waals surface area contributed by atoms with Crippen molar-refractivity contribution in [3.63, 3.8) is 0 Å². The average Bonchev–Trinajstić information content (AvgIpc) is 3.19. The van der Waals surface area contributed by atoms with Gasteiger partial charge in [-0.3, -0.25) is 14.2 Å². The molecule has 2 aromatic carbocycles. The van der Waals surface area contributed by atoms with Crippen LogP contribution in [0.15, 0.2) is 66.3 Å². The van der Waals surface area contributed by atoms with Crippen molar-refractivity contribution in [3.8, 4) is 5.75 Å². The molecular weight excluding hydrogens is 448 g/mol. The minimum Gasteiger partial charge on any atom is -0.486 e. The predicted octanol–water partition coefficient (Wildman–Crippen LogP) is 5.31. The number of nitrogens with zero attached hydrogens (tertiary/aromatic N) is 3. The van der Waals surface area contributed by atoms with Gasteiger partial charge in [-0.05, 0) is 55.8 Å². The Balaban J connectivity index is 1.67. The smallest absolute Gasteiger partial charge is 0.226 e. The Hall–Kier alpha value is -3.39. The molecule has 0 bridgehead atoms. The Bertz CT molecular complexity index is 1160. The van der Waals surface area contributed by atoms with Crippen molar-refractivity contribution in [2.75, 3.05) is 5.32 Å². The van der Waals surface area contributed by atoms with Gasteiger partial charge in [0.25, 0.3) is 0 Å². The number of hydrogen-bond acceptors (Lipinski definition) is 6. The summed E-state index contributed by atoms with van der Waals surface area (Å²) in [5.41, 5.74) is 2.35. The van der Waals surface area contributed by atoms with Crippen LogP contribution in [0, 0.1) is 12.8 Å². The number of aryl methyl sites for hydroxylation is 1. The maximum absolute atomic E-state index is 13.0. The van der Waals surface area contributed by atoms with Gasteiger partial charge < -0.3 is 10.1 Å². The first-order valence-corrected chi connectivity index (χ1v) is 12.0. The van der Waals surface area contributed by atoms with Gasteiger partial charge in [0.2, 0.25) is 5.91 Å². The molecule has 0 saturated carbocycles. The van der Waals surface area contributed by atoms with Gasteiger partial charge in [-0.2, -0.15) is 0 Å². The highest BCUT2D eigenvalue weighted by Gasteiger charge is 2.21. The normalized spacial score (nSPS) is 11.8. The number of hydrogen-bond donors (Lipinski definition) is 1. The summed E-state index contributed by atoms with van der Waals surface area (Å²) in [6.07, 6.45) is 1.76. The van der Waals surface area contributed by atoms with Crippen LogP contribution in [0.2, 0.25) is 0 Å². The molecule has 3 aromatic rings. The van der Waals surface area contributed by atoms with Crippen molar-refractivity contribution in [2.45, 2.75) is 51.3 Å². The van der Waals surface area contributed by atoms with Crippen molar-refractivity contribution >= 4 is 29.1 Å².